The van der Waals surface area contributed by atoms with Crippen molar-refractivity contribution in [2.45, 2.75) is 46.0 Å². The number of hydrogen-bond donors (Lipinski definition) is 0. The summed E-state index contributed by atoms with van der Waals surface area (Å²) in [6.07, 6.45) is 4.54. The van der Waals surface area contributed by atoms with Crippen molar-refractivity contribution >= 4 is 11.8 Å². The van der Waals surface area contributed by atoms with Gasteiger partial charge < -0.3 is 9.80 Å². The summed E-state index contributed by atoms with van der Waals surface area (Å²) in [4.78, 5) is 28.0. The summed E-state index contributed by atoms with van der Waals surface area (Å²) in [6.45, 7) is 7.52. The van der Waals surface area contributed by atoms with Crippen LogP contribution in [0.15, 0.2) is 0 Å². The van der Waals surface area contributed by atoms with E-state index in [1.807, 2.05) is 16.7 Å². The lowest BCUT2D eigenvalue weighted by Crippen LogP contribution is -2.46. The van der Waals surface area contributed by atoms with E-state index >= 15 is 0 Å². The van der Waals surface area contributed by atoms with Gasteiger partial charge in [-0.15, -0.1) is 0 Å². The second-order valence-corrected chi connectivity index (χ2v) is 6.02. The molecule has 0 spiro atoms. The molecular weight excluding hydrogens is 240 g/mol. The van der Waals surface area contributed by atoms with Crippen LogP contribution in [-0.4, -0.2) is 47.8 Å². The molecule has 2 aliphatic rings. The van der Waals surface area contributed by atoms with E-state index in [1.165, 1.54) is 0 Å². The van der Waals surface area contributed by atoms with Crippen LogP contribution in [-0.2, 0) is 9.59 Å². The normalized spacial score (nSPS) is 22.6. The topological polar surface area (TPSA) is 40.6 Å². The third-order valence-corrected chi connectivity index (χ3v) is 4.59. The molecule has 108 valence electrons. The maximum atomic E-state index is 12.4. The number of amides is 2. The zero-order valence-corrected chi connectivity index (χ0v) is 12.2. The van der Waals surface area contributed by atoms with E-state index in [0.717, 1.165) is 57.8 Å². The van der Waals surface area contributed by atoms with Crippen molar-refractivity contribution in [3.05, 3.63) is 0 Å². The Balaban J connectivity index is 1.81. The van der Waals surface area contributed by atoms with Gasteiger partial charge in [0.05, 0.1) is 0 Å². The van der Waals surface area contributed by atoms with E-state index in [1.54, 1.807) is 0 Å². The standard InChI is InChI=1S/C15H26N2O2/c1-3-14(18)16-10-6-13(7-11-16)15(19)17-8-4-12(2)5-9-17/h12-13H,3-11H2,1-2H3. The van der Waals surface area contributed by atoms with Gasteiger partial charge in [-0.2, -0.15) is 0 Å². The van der Waals surface area contributed by atoms with Crippen LogP contribution in [0.1, 0.15) is 46.0 Å². The molecule has 0 aromatic carbocycles. The van der Waals surface area contributed by atoms with Crippen LogP contribution in [0.25, 0.3) is 0 Å². The van der Waals surface area contributed by atoms with Crippen LogP contribution in [0, 0.1) is 11.8 Å². The Morgan fingerprint density at radius 1 is 0.947 bits per heavy atom. The molecule has 0 aromatic heterocycles. The van der Waals surface area contributed by atoms with Gasteiger partial charge in [-0.3, -0.25) is 9.59 Å². The molecule has 2 saturated heterocycles. The molecule has 0 N–H and O–H groups in total. The van der Waals surface area contributed by atoms with Gasteiger partial charge in [-0.05, 0) is 31.6 Å². The third-order valence-electron chi connectivity index (χ3n) is 4.59. The van der Waals surface area contributed by atoms with Crippen molar-refractivity contribution in [3.8, 4) is 0 Å². The molecule has 0 bridgehead atoms. The zero-order chi connectivity index (χ0) is 13.8. The highest BCUT2D eigenvalue weighted by atomic mass is 16.2. The highest BCUT2D eigenvalue weighted by molar-refractivity contribution is 5.80. The monoisotopic (exact) mass is 266 g/mol. The molecule has 2 rings (SSSR count). The molecule has 2 aliphatic heterocycles. The van der Waals surface area contributed by atoms with Crippen molar-refractivity contribution in [3.63, 3.8) is 0 Å². The Bertz CT molecular complexity index is 327. The maximum Gasteiger partial charge on any atom is 0.225 e. The van der Waals surface area contributed by atoms with Gasteiger partial charge in [0.25, 0.3) is 0 Å². The SMILES string of the molecule is CCC(=O)N1CCC(C(=O)N2CCC(C)CC2)CC1. The minimum atomic E-state index is 0.148. The summed E-state index contributed by atoms with van der Waals surface area (Å²) in [6, 6.07) is 0. The highest BCUT2D eigenvalue weighted by Gasteiger charge is 2.30. The van der Waals surface area contributed by atoms with Crippen LogP contribution < -0.4 is 0 Å². The van der Waals surface area contributed by atoms with Gasteiger partial charge in [0.1, 0.15) is 0 Å². The second kappa shape index (κ2) is 6.40. The van der Waals surface area contributed by atoms with Crippen LogP contribution >= 0.6 is 0 Å². The second-order valence-electron chi connectivity index (χ2n) is 6.02. The largest absolute Gasteiger partial charge is 0.343 e. The molecule has 4 heteroatoms. The molecule has 19 heavy (non-hydrogen) atoms. The van der Waals surface area contributed by atoms with Crippen molar-refractivity contribution in [1.82, 2.24) is 9.80 Å². The predicted octanol–water partition coefficient (Wildman–Crippen LogP) is 1.89. The number of carbonyl (C=O) groups excluding carboxylic acids is 2. The van der Waals surface area contributed by atoms with E-state index in [-0.39, 0.29) is 11.8 Å². The van der Waals surface area contributed by atoms with Crippen molar-refractivity contribution < 1.29 is 9.59 Å². The summed E-state index contributed by atoms with van der Waals surface area (Å²) >= 11 is 0. The summed E-state index contributed by atoms with van der Waals surface area (Å²) in [5.74, 6) is 1.45. The fraction of sp³-hybridized carbons (Fsp3) is 0.867. The molecule has 0 unspecified atom stereocenters. The van der Waals surface area contributed by atoms with Crippen LogP contribution in [0.2, 0.25) is 0 Å². The molecule has 4 nitrogen and oxygen atoms in total. The van der Waals surface area contributed by atoms with Gasteiger partial charge in [-0.1, -0.05) is 13.8 Å². The smallest absolute Gasteiger partial charge is 0.225 e. The molecule has 0 aliphatic carbocycles. The average Bonchev–Trinajstić information content (AvgIpc) is 2.46. The number of nitrogens with zero attached hydrogens (tertiary/aromatic N) is 2. The summed E-state index contributed by atoms with van der Waals surface area (Å²) in [7, 11) is 0. The number of piperidine rings is 2. The van der Waals surface area contributed by atoms with Gasteiger partial charge in [0.15, 0.2) is 0 Å². The van der Waals surface area contributed by atoms with Crippen LogP contribution in [0.4, 0.5) is 0 Å². The average molecular weight is 266 g/mol. The number of rotatable bonds is 2. The van der Waals surface area contributed by atoms with Crippen LogP contribution in [0.3, 0.4) is 0 Å². The lowest BCUT2D eigenvalue weighted by molar-refractivity contribution is -0.141. The first-order valence-corrected chi connectivity index (χ1v) is 7.68. The quantitative estimate of drug-likeness (QED) is 0.766. The lowest BCUT2D eigenvalue weighted by atomic mass is 9.92. The van der Waals surface area contributed by atoms with Gasteiger partial charge in [0.2, 0.25) is 11.8 Å². The Morgan fingerprint density at radius 2 is 1.47 bits per heavy atom. The summed E-state index contributed by atoms with van der Waals surface area (Å²) < 4.78 is 0. The van der Waals surface area contributed by atoms with E-state index < -0.39 is 0 Å². The molecule has 0 atom stereocenters. The first kappa shape index (κ1) is 14.4. The van der Waals surface area contributed by atoms with Gasteiger partial charge in [-0.25, -0.2) is 0 Å². The van der Waals surface area contributed by atoms with Gasteiger partial charge in [0, 0.05) is 38.5 Å². The fourth-order valence-corrected chi connectivity index (χ4v) is 3.09. The first-order chi connectivity index (χ1) is 9.11. The van der Waals surface area contributed by atoms with Gasteiger partial charge >= 0.3 is 0 Å². The molecule has 0 saturated carbocycles. The Hall–Kier alpha value is -1.06. The first-order valence-electron chi connectivity index (χ1n) is 7.68. The molecule has 2 fully saturated rings. The fourth-order valence-electron chi connectivity index (χ4n) is 3.09. The van der Waals surface area contributed by atoms with Crippen molar-refractivity contribution in [1.29, 1.82) is 0 Å². The molecule has 2 heterocycles. The predicted molar refractivity (Wildman–Crippen MR) is 74.6 cm³/mol. The Kier molecular flexibility index (Phi) is 4.83. The van der Waals surface area contributed by atoms with Crippen molar-refractivity contribution in [2.75, 3.05) is 26.2 Å². The van der Waals surface area contributed by atoms with E-state index in [9.17, 15) is 9.59 Å². The van der Waals surface area contributed by atoms with Crippen molar-refractivity contribution in [2.24, 2.45) is 11.8 Å². The maximum absolute atomic E-state index is 12.4. The van der Waals surface area contributed by atoms with E-state index in [4.69, 9.17) is 0 Å². The zero-order valence-electron chi connectivity index (χ0n) is 12.2. The number of likely N-dealkylation sites (tertiary alicyclic amines) is 2. The third kappa shape index (κ3) is 3.48. The molecule has 2 amide bonds. The molecule has 0 radical (unpaired) electrons. The molecular formula is C15H26N2O2. The minimum absolute atomic E-state index is 0.148. The van der Waals surface area contributed by atoms with E-state index in [2.05, 4.69) is 6.92 Å². The Labute approximate surface area is 116 Å². The van der Waals surface area contributed by atoms with Crippen LogP contribution in [0.5, 0.6) is 0 Å². The lowest BCUT2D eigenvalue weighted by Gasteiger charge is -2.36. The Morgan fingerprint density at radius 3 is 2.00 bits per heavy atom. The minimum Gasteiger partial charge on any atom is -0.343 e. The number of hydrogen-bond acceptors (Lipinski definition) is 2. The summed E-state index contributed by atoms with van der Waals surface area (Å²) in [5.41, 5.74) is 0. The number of carbonyl (C=O) groups is 2. The highest BCUT2D eigenvalue weighted by Crippen LogP contribution is 2.23. The molecule has 0 aromatic rings. The summed E-state index contributed by atoms with van der Waals surface area (Å²) in [5, 5.41) is 0. The van der Waals surface area contributed by atoms with E-state index in [0.29, 0.717) is 12.3 Å².